The van der Waals surface area contributed by atoms with Crippen LogP contribution in [0.3, 0.4) is 0 Å². The number of sulfonamides is 1. The molecular weight excluding hydrogens is 637 g/mol. The average molecular weight is 671 g/mol. The summed E-state index contributed by atoms with van der Waals surface area (Å²) in [7, 11) is -2.77. The molecule has 2 aliphatic rings. The van der Waals surface area contributed by atoms with E-state index in [2.05, 4.69) is 17.2 Å². The molecule has 1 atom stereocenters. The van der Waals surface area contributed by atoms with Crippen LogP contribution in [0.25, 0.3) is 0 Å². The zero-order chi connectivity index (χ0) is 31.7. The first-order valence-electron chi connectivity index (χ1n) is 14.0. The summed E-state index contributed by atoms with van der Waals surface area (Å²) in [6.07, 6.45) is 5.28. The van der Waals surface area contributed by atoms with Gasteiger partial charge in [0.25, 0.3) is 21.8 Å². The van der Waals surface area contributed by atoms with Crippen molar-refractivity contribution in [2.75, 3.05) is 18.9 Å². The Balaban J connectivity index is 1.84. The van der Waals surface area contributed by atoms with Gasteiger partial charge in [-0.2, -0.15) is 0 Å². The molecule has 0 bridgehead atoms. The van der Waals surface area contributed by atoms with Crippen LogP contribution >= 0.6 is 34.8 Å². The van der Waals surface area contributed by atoms with Gasteiger partial charge < -0.3 is 10.2 Å². The minimum Gasteiger partial charge on any atom is -0.322 e. The Bertz CT molecular complexity index is 1580. The molecule has 2 aromatic carbocycles. The highest BCUT2D eigenvalue weighted by Gasteiger charge is 2.56. The van der Waals surface area contributed by atoms with Crippen LogP contribution in [0.1, 0.15) is 59.3 Å². The number of imide groups is 1. The molecule has 2 heterocycles. The van der Waals surface area contributed by atoms with Crippen molar-refractivity contribution in [3.63, 3.8) is 0 Å². The number of nitrogens with zero attached hydrogens (tertiary/aromatic N) is 4. The van der Waals surface area contributed by atoms with Crippen molar-refractivity contribution in [3.8, 4) is 0 Å². The second kappa shape index (κ2) is 13.0. The quantitative estimate of drug-likeness (QED) is 0.162. The van der Waals surface area contributed by atoms with Gasteiger partial charge >= 0.3 is 6.03 Å². The predicted octanol–water partition coefficient (Wildman–Crippen LogP) is 6.72. The van der Waals surface area contributed by atoms with E-state index < -0.39 is 39.4 Å². The third-order valence-corrected chi connectivity index (χ3v) is 10.6. The number of para-hydroxylation sites is 1. The van der Waals surface area contributed by atoms with E-state index in [1.807, 2.05) is 0 Å². The van der Waals surface area contributed by atoms with Crippen LogP contribution < -0.4 is 5.32 Å². The lowest BCUT2D eigenvalue weighted by Crippen LogP contribution is -2.59. The first-order chi connectivity index (χ1) is 20.2. The molecule has 0 saturated carbocycles. The van der Waals surface area contributed by atoms with Crippen molar-refractivity contribution >= 4 is 79.9 Å². The van der Waals surface area contributed by atoms with Crippen molar-refractivity contribution in [3.05, 3.63) is 51.5 Å². The van der Waals surface area contributed by atoms with E-state index in [-0.39, 0.29) is 43.7 Å². The Morgan fingerprint density at radius 2 is 1.60 bits per heavy atom. The van der Waals surface area contributed by atoms with Crippen LogP contribution in [0.4, 0.5) is 16.2 Å². The molecule has 1 fully saturated rings. The number of hydrogen-bond donors (Lipinski definition) is 1. The number of hydrogen-bond acceptors (Lipinski definition) is 6. The number of aliphatic imine (C=N–C) groups is 1. The second-order valence-corrected chi connectivity index (χ2v) is 14.0. The summed E-state index contributed by atoms with van der Waals surface area (Å²) in [6.45, 7) is 5.19. The fourth-order valence-corrected chi connectivity index (χ4v) is 7.20. The lowest BCUT2D eigenvalue weighted by molar-refractivity contribution is -0.135. The Kier molecular flexibility index (Phi) is 10.0. The van der Waals surface area contributed by atoms with Gasteiger partial charge in [-0.05, 0) is 44.5 Å². The van der Waals surface area contributed by atoms with E-state index in [4.69, 9.17) is 34.8 Å². The first-order valence-corrected chi connectivity index (χ1v) is 16.6. The Morgan fingerprint density at radius 1 is 0.977 bits per heavy atom. The predicted molar refractivity (Wildman–Crippen MR) is 169 cm³/mol. The molecule has 4 amide bonds. The molecule has 1 unspecified atom stereocenters. The molecule has 43 heavy (non-hydrogen) atoms. The average Bonchev–Trinajstić information content (AvgIpc) is 3.09. The van der Waals surface area contributed by atoms with E-state index in [1.165, 1.54) is 36.2 Å². The summed E-state index contributed by atoms with van der Waals surface area (Å²) in [5, 5.41) is 2.92. The van der Waals surface area contributed by atoms with Crippen LogP contribution in [-0.4, -0.2) is 71.4 Å². The van der Waals surface area contributed by atoms with Crippen LogP contribution in [0.15, 0.2) is 46.3 Å². The maximum absolute atomic E-state index is 14.2. The molecule has 10 nitrogen and oxygen atoms in total. The Hall–Kier alpha value is -2.86. The smallest absolute Gasteiger partial charge is 0.322 e. The van der Waals surface area contributed by atoms with Gasteiger partial charge in [0.2, 0.25) is 0 Å². The number of carbonyl (C=O) groups excluding carboxylic acids is 3. The van der Waals surface area contributed by atoms with Crippen molar-refractivity contribution in [1.29, 1.82) is 0 Å². The summed E-state index contributed by atoms with van der Waals surface area (Å²) in [5.74, 6) is -1.87. The number of likely N-dealkylation sites (N-methyl/N-ethyl adjacent to an activating group) is 1. The van der Waals surface area contributed by atoms with Crippen LogP contribution in [0.2, 0.25) is 15.1 Å². The number of unbranched alkanes of at least 4 members (excludes halogenated alkanes) is 5. The zero-order valence-electron chi connectivity index (χ0n) is 24.4. The highest BCUT2D eigenvalue weighted by Crippen LogP contribution is 2.37. The lowest BCUT2D eigenvalue weighted by atomic mass is 10.0. The second-order valence-electron chi connectivity index (χ2n) is 11.0. The third-order valence-electron chi connectivity index (χ3n) is 7.73. The molecule has 2 aromatic rings. The number of benzene rings is 2. The number of amidine groups is 1. The van der Waals surface area contributed by atoms with Crippen molar-refractivity contribution < 1.29 is 22.8 Å². The highest BCUT2D eigenvalue weighted by atomic mass is 35.5. The summed E-state index contributed by atoms with van der Waals surface area (Å²) in [5.41, 5.74) is -1.17. The topological polar surface area (TPSA) is 119 Å². The summed E-state index contributed by atoms with van der Waals surface area (Å²) < 4.78 is 29.1. The molecule has 1 N–H and O–H groups in total. The normalized spacial score (nSPS) is 18.0. The number of amides is 4. The van der Waals surface area contributed by atoms with Crippen LogP contribution in [0.5, 0.6) is 0 Å². The van der Waals surface area contributed by atoms with E-state index in [1.54, 1.807) is 26.0 Å². The molecule has 2 aliphatic heterocycles. The van der Waals surface area contributed by atoms with Crippen molar-refractivity contribution in [2.45, 2.75) is 75.8 Å². The van der Waals surface area contributed by atoms with Gasteiger partial charge in [0.15, 0.2) is 11.9 Å². The Morgan fingerprint density at radius 3 is 2.26 bits per heavy atom. The number of urea groups is 1. The van der Waals surface area contributed by atoms with Gasteiger partial charge in [-0.1, -0.05) is 86.0 Å². The standard InChI is InChI=1S/C29H34Cl3N5O5S/c1-5-6-7-8-9-12-15-36-25(33-21-13-10-11-14-23(21)43(36,41)42)24(37-27(39)29(2,3)35(4)28(37)40)26(38)34-22-17-19(31)18(30)16-20(22)32/h10-11,13-14,16-17,24H,5-9,12,15H2,1-4H3,(H,34,38). The van der Waals surface area contributed by atoms with Crippen molar-refractivity contribution in [1.82, 2.24) is 14.1 Å². The van der Waals surface area contributed by atoms with Gasteiger partial charge in [0.05, 0.1) is 26.4 Å². The lowest BCUT2D eigenvalue weighted by Gasteiger charge is -2.36. The monoisotopic (exact) mass is 669 g/mol. The van der Waals surface area contributed by atoms with Gasteiger partial charge in [0.1, 0.15) is 10.4 Å². The van der Waals surface area contributed by atoms with Gasteiger partial charge in [-0.25, -0.2) is 23.1 Å². The maximum Gasteiger partial charge on any atom is 0.328 e. The molecule has 1 saturated heterocycles. The molecule has 0 radical (unpaired) electrons. The molecule has 0 aromatic heterocycles. The first kappa shape index (κ1) is 33.0. The van der Waals surface area contributed by atoms with Crippen LogP contribution in [0, 0.1) is 0 Å². The highest BCUT2D eigenvalue weighted by molar-refractivity contribution is 7.90. The summed E-state index contributed by atoms with van der Waals surface area (Å²) in [6, 6.07) is 6.26. The fourth-order valence-electron chi connectivity index (χ4n) is 4.98. The molecule has 232 valence electrons. The number of nitrogens with one attached hydrogen (secondary N) is 1. The molecule has 4 rings (SSSR count). The van der Waals surface area contributed by atoms with E-state index in [0.29, 0.717) is 6.42 Å². The van der Waals surface area contributed by atoms with Crippen LogP contribution in [-0.2, 0) is 19.6 Å². The fraction of sp³-hybridized carbons (Fsp3) is 0.448. The van der Waals surface area contributed by atoms with E-state index in [9.17, 15) is 22.8 Å². The number of carbonyl (C=O) groups is 3. The summed E-state index contributed by atoms with van der Waals surface area (Å²) in [4.78, 5) is 48.0. The minimum absolute atomic E-state index is 0.00557. The molecule has 14 heteroatoms. The zero-order valence-corrected chi connectivity index (χ0v) is 27.4. The number of fused-ring (bicyclic) bond motifs is 1. The number of rotatable bonds is 11. The number of halogens is 3. The Labute approximate surface area is 267 Å². The summed E-state index contributed by atoms with van der Waals surface area (Å²) >= 11 is 18.6. The number of anilines is 1. The minimum atomic E-state index is -4.21. The van der Waals surface area contributed by atoms with Crippen molar-refractivity contribution in [2.24, 2.45) is 4.99 Å². The largest absolute Gasteiger partial charge is 0.328 e. The molecule has 0 spiro atoms. The SMILES string of the molecule is CCCCCCCCN1C(C(C(=O)Nc2cc(Cl)c(Cl)cc2Cl)N2C(=O)N(C)C(C)(C)C2=O)=Nc2ccccc2S1(=O)=O. The maximum atomic E-state index is 14.2. The van der Waals surface area contributed by atoms with Gasteiger partial charge in [-0.3, -0.25) is 13.9 Å². The van der Waals surface area contributed by atoms with Gasteiger partial charge in [0, 0.05) is 13.6 Å². The molecular formula is C29H34Cl3N5O5S. The molecule has 0 aliphatic carbocycles. The third kappa shape index (κ3) is 6.36. The van der Waals surface area contributed by atoms with Gasteiger partial charge in [-0.15, -0.1) is 0 Å². The van der Waals surface area contributed by atoms with E-state index >= 15 is 0 Å². The van der Waals surface area contributed by atoms with E-state index in [0.717, 1.165) is 41.3 Å².